The molecule has 118 valence electrons. The molecule has 0 saturated heterocycles. The van der Waals surface area contributed by atoms with Gasteiger partial charge in [-0.1, -0.05) is 36.4 Å². The van der Waals surface area contributed by atoms with Gasteiger partial charge < -0.3 is 9.64 Å². The van der Waals surface area contributed by atoms with Gasteiger partial charge in [0.25, 0.3) is 5.91 Å². The SMILES string of the molecule is Cc1ccccc1C(=O)OCC(=O)N1c2ccccc2C[C@@H]1C. The summed E-state index contributed by atoms with van der Waals surface area (Å²) in [5.74, 6) is -0.652. The molecule has 1 aliphatic heterocycles. The highest BCUT2D eigenvalue weighted by Crippen LogP contribution is 2.31. The fourth-order valence-corrected chi connectivity index (χ4v) is 3.02. The number of aryl methyl sites for hydroxylation is 1. The Morgan fingerprint density at radius 1 is 1.13 bits per heavy atom. The lowest BCUT2D eigenvalue weighted by Gasteiger charge is -2.22. The van der Waals surface area contributed by atoms with Gasteiger partial charge in [-0.2, -0.15) is 0 Å². The van der Waals surface area contributed by atoms with Crippen molar-refractivity contribution in [1.29, 1.82) is 0 Å². The molecule has 3 rings (SSSR count). The molecular weight excluding hydrogens is 290 g/mol. The number of amides is 1. The summed E-state index contributed by atoms with van der Waals surface area (Å²) in [4.78, 5) is 26.3. The highest BCUT2D eigenvalue weighted by molar-refractivity contribution is 5.99. The highest BCUT2D eigenvalue weighted by Gasteiger charge is 2.31. The van der Waals surface area contributed by atoms with Gasteiger partial charge in [-0.05, 0) is 43.5 Å². The molecule has 0 N–H and O–H groups in total. The van der Waals surface area contributed by atoms with E-state index in [1.165, 1.54) is 0 Å². The van der Waals surface area contributed by atoms with Crippen molar-refractivity contribution in [3.05, 3.63) is 65.2 Å². The Labute approximate surface area is 135 Å². The number of anilines is 1. The fourth-order valence-electron chi connectivity index (χ4n) is 3.02. The van der Waals surface area contributed by atoms with Crippen molar-refractivity contribution in [2.75, 3.05) is 11.5 Å². The predicted molar refractivity (Wildman–Crippen MR) is 88.6 cm³/mol. The maximum absolute atomic E-state index is 12.5. The largest absolute Gasteiger partial charge is 0.452 e. The second-order valence-corrected chi connectivity index (χ2v) is 5.84. The third kappa shape index (κ3) is 2.97. The number of esters is 1. The van der Waals surface area contributed by atoms with Gasteiger partial charge in [-0.3, -0.25) is 4.79 Å². The van der Waals surface area contributed by atoms with Crippen LogP contribution in [0.4, 0.5) is 5.69 Å². The lowest BCUT2D eigenvalue weighted by molar-refractivity contribution is -0.122. The van der Waals surface area contributed by atoms with Crippen molar-refractivity contribution < 1.29 is 14.3 Å². The van der Waals surface area contributed by atoms with Gasteiger partial charge >= 0.3 is 5.97 Å². The van der Waals surface area contributed by atoms with Gasteiger partial charge in [-0.25, -0.2) is 4.79 Å². The summed E-state index contributed by atoms with van der Waals surface area (Å²) < 4.78 is 5.22. The summed E-state index contributed by atoms with van der Waals surface area (Å²) >= 11 is 0. The number of fused-ring (bicyclic) bond motifs is 1. The first kappa shape index (κ1) is 15.3. The number of rotatable bonds is 3. The molecule has 1 aliphatic rings. The van der Waals surface area contributed by atoms with E-state index in [1.54, 1.807) is 17.0 Å². The third-order valence-electron chi connectivity index (χ3n) is 4.17. The molecule has 0 aromatic heterocycles. The first-order chi connectivity index (χ1) is 11.1. The minimum absolute atomic E-state index is 0.0806. The number of hydrogen-bond donors (Lipinski definition) is 0. The monoisotopic (exact) mass is 309 g/mol. The number of carbonyl (C=O) groups excluding carboxylic acids is 2. The molecule has 0 radical (unpaired) electrons. The molecule has 0 aliphatic carbocycles. The van der Waals surface area contributed by atoms with Crippen molar-refractivity contribution >= 4 is 17.6 Å². The number of ether oxygens (including phenoxy) is 1. The van der Waals surface area contributed by atoms with E-state index in [1.807, 2.05) is 50.2 Å². The van der Waals surface area contributed by atoms with Gasteiger partial charge in [-0.15, -0.1) is 0 Å². The van der Waals surface area contributed by atoms with E-state index >= 15 is 0 Å². The summed E-state index contributed by atoms with van der Waals surface area (Å²) in [6.07, 6.45) is 0.827. The van der Waals surface area contributed by atoms with Crippen LogP contribution in [0.1, 0.15) is 28.4 Å². The molecular formula is C19H19NO3. The minimum Gasteiger partial charge on any atom is -0.452 e. The molecule has 2 aromatic carbocycles. The number of benzene rings is 2. The second kappa shape index (κ2) is 6.24. The molecule has 0 saturated carbocycles. The average molecular weight is 309 g/mol. The average Bonchev–Trinajstić information content (AvgIpc) is 2.88. The van der Waals surface area contributed by atoms with Crippen molar-refractivity contribution in [1.82, 2.24) is 0 Å². The quantitative estimate of drug-likeness (QED) is 0.818. The standard InChI is InChI=1S/C19H19NO3/c1-13-7-3-5-9-16(13)19(22)23-12-18(21)20-14(2)11-15-8-4-6-10-17(15)20/h3-10,14H,11-12H2,1-2H3/t14-/m0/s1. The van der Waals surface area contributed by atoms with Gasteiger partial charge in [0.2, 0.25) is 0 Å². The van der Waals surface area contributed by atoms with Crippen LogP contribution in [-0.4, -0.2) is 24.5 Å². The normalized spacial score (nSPS) is 16.1. The van der Waals surface area contributed by atoms with Gasteiger partial charge in [0.15, 0.2) is 6.61 Å². The first-order valence-corrected chi connectivity index (χ1v) is 7.70. The Morgan fingerprint density at radius 2 is 1.83 bits per heavy atom. The lowest BCUT2D eigenvalue weighted by atomic mass is 10.1. The summed E-state index contributed by atoms with van der Waals surface area (Å²) in [6, 6.07) is 15.1. The summed E-state index contributed by atoms with van der Waals surface area (Å²) in [7, 11) is 0. The first-order valence-electron chi connectivity index (χ1n) is 7.70. The third-order valence-corrected chi connectivity index (χ3v) is 4.17. The fraction of sp³-hybridized carbons (Fsp3) is 0.263. The molecule has 1 heterocycles. The van der Waals surface area contributed by atoms with E-state index in [0.717, 1.165) is 23.2 Å². The molecule has 0 bridgehead atoms. The molecule has 1 atom stereocenters. The minimum atomic E-state index is -0.461. The Kier molecular flexibility index (Phi) is 4.15. The maximum atomic E-state index is 12.5. The maximum Gasteiger partial charge on any atom is 0.338 e. The Morgan fingerprint density at radius 3 is 2.61 bits per heavy atom. The number of hydrogen-bond acceptors (Lipinski definition) is 3. The van der Waals surface area contributed by atoms with E-state index in [0.29, 0.717) is 5.56 Å². The second-order valence-electron chi connectivity index (χ2n) is 5.84. The molecule has 0 unspecified atom stereocenters. The van der Waals surface area contributed by atoms with E-state index in [2.05, 4.69) is 0 Å². The zero-order valence-corrected chi connectivity index (χ0v) is 13.3. The molecule has 0 spiro atoms. The number of para-hydroxylation sites is 1. The van der Waals surface area contributed by atoms with Crippen LogP contribution in [0.2, 0.25) is 0 Å². The number of nitrogens with zero attached hydrogens (tertiary/aromatic N) is 1. The Balaban J connectivity index is 1.69. The van der Waals surface area contributed by atoms with Crippen LogP contribution in [0.15, 0.2) is 48.5 Å². The smallest absolute Gasteiger partial charge is 0.338 e. The summed E-state index contributed by atoms with van der Waals surface area (Å²) in [5, 5.41) is 0. The molecule has 4 nitrogen and oxygen atoms in total. The van der Waals surface area contributed by atoms with Crippen LogP contribution in [-0.2, 0) is 16.0 Å². The van der Waals surface area contributed by atoms with E-state index in [-0.39, 0.29) is 18.6 Å². The van der Waals surface area contributed by atoms with Crippen molar-refractivity contribution in [2.24, 2.45) is 0 Å². The zero-order chi connectivity index (χ0) is 16.4. The summed E-state index contributed by atoms with van der Waals surface area (Å²) in [5.41, 5.74) is 3.40. The molecule has 0 fully saturated rings. The van der Waals surface area contributed by atoms with Gasteiger partial charge in [0.05, 0.1) is 5.56 Å². The van der Waals surface area contributed by atoms with Crippen LogP contribution in [0.5, 0.6) is 0 Å². The van der Waals surface area contributed by atoms with E-state index in [4.69, 9.17) is 4.74 Å². The van der Waals surface area contributed by atoms with E-state index < -0.39 is 5.97 Å². The molecule has 1 amide bonds. The van der Waals surface area contributed by atoms with Gasteiger partial charge in [0, 0.05) is 11.7 Å². The Hall–Kier alpha value is -2.62. The van der Waals surface area contributed by atoms with Crippen molar-refractivity contribution in [3.63, 3.8) is 0 Å². The zero-order valence-electron chi connectivity index (χ0n) is 13.3. The topological polar surface area (TPSA) is 46.6 Å². The molecule has 23 heavy (non-hydrogen) atoms. The van der Waals surface area contributed by atoms with Crippen LogP contribution in [0.25, 0.3) is 0 Å². The van der Waals surface area contributed by atoms with E-state index in [9.17, 15) is 9.59 Å². The molecule has 4 heteroatoms. The predicted octanol–water partition coefficient (Wildman–Crippen LogP) is 3.13. The van der Waals surface area contributed by atoms with Crippen LogP contribution in [0.3, 0.4) is 0 Å². The van der Waals surface area contributed by atoms with Crippen LogP contribution < -0.4 is 4.90 Å². The Bertz CT molecular complexity index is 754. The molecule has 2 aromatic rings. The van der Waals surface area contributed by atoms with Crippen molar-refractivity contribution in [2.45, 2.75) is 26.3 Å². The number of carbonyl (C=O) groups is 2. The van der Waals surface area contributed by atoms with Crippen LogP contribution >= 0.6 is 0 Å². The van der Waals surface area contributed by atoms with Crippen LogP contribution in [0, 0.1) is 6.92 Å². The van der Waals surface area contributed by atoms with Crippen molar-refractivity contribution in [3.8, 4) is 0 Å². The lowest BCUT2D eigenvalue weighted by Crippen LogP contribution is -2.38. The highest BCUT2D eigenvalue weighted by atomic mass is 16.5. The summed E-state index contributed by atoms with van der Waals surface area (Å²) in [6.45, 7) is 3.60. The van der Waals surface area contributed by atoms with Gasteiger partial charge in [0.1, 0.15) is 0 Å².